The zero-order chi connectivity index (χ0) is 16.9. The van der Waals surface area contributed by atoms with Crippen LogP contribution in [0.2, 0.25) is 5.02 Å². The monoisotopic (exact) mass is 349 g/mol. The van der Waals surface area contributed by atoms with Crippen molar-refractivity contribution in [2.24, 2.45) is 4.99 Å². The van der Waals surface area contributed by atoms with Crippen LogP contribution in [-0.2, 0) is 4.79 Å². The molecule has 0 aliphatic carbocycles. The number of fused-ring (bicyclic) bond motifs is 1. The van der Waals surface area contributed by atoms with Gasteiger partial charge in [0.05, 0.1) is 17.3 Å². The third-order valence-corrected chi connectivity index (χ3v) is 3.64. The Hall–Kier alpha value is -2.29. The quantitative estimate of drug-likeness (QED) is 0.793. The molecule has 3 rings (SSSR count). The van der Waals surface area contributed by atoms with E-state index >= 15 is 0 Å². The molecule has 1 N–H and O–H groups in total. The van der Waals surface area contributed by atoms with Crippen LogP contribution in [-0.4, -0.2) is 41.1 Å². The van der Waals surface area contributed by atoms with Crippen molar-refractivity contribution in [2.45, 2.75) is 6.18 Å². The molecule has 0 aromatic heterocycles. The molecule has 2 heterocycles. The minimum Gasteiger partial charge on any atom is -0.506 e. The second-order valence-corrected chi connectivity index (χ2v) is 5.20. The van der Waals surface area contributed by atoms with Crippen molar-refractivity contribution < 1.29 is 27.5 Å². The van der Waals surface area contributed by atoms with E-state index in [-0.39, 0.29) is 24.1 Å². The van der Waals surface area contributed by atoms with E-state index in [0.717, 1.165) is 17.0 Å². The fourth-order valence-corrected chi connectivity index (χ4v) is 2.52. The lowest BCUT2D eigenvalue weighted by molar-refractivity contribution is -0.119. The maximum atomic E-state index is 14.1. The van der Waals surface area contributed by atoms with Crippen molar-refractivity contribution >= 4 is 29.2 Å². The first-order chi connectivity index (χ1) is 10.7. The number of benzene rings is 1. The van der Waals surface area contributed by atoms with E-state index in [1.54, 1.807) is 0 Å². The Morgan fingerprint density at radius 3 is 2.65 bits per heavy atom. The Bertz CT molecular complexity index is 760. The summed E-state index contributed by atoms with van der Waals surface area (Å²) in [4.78, 5) is 17.4. The lowest BCUT2D eigenvalue weighted by Crippen LogP contribution is -2.51. The Morgan fingerprint density at radius 2 is 2.00 bits per heavy atom. The van der Waals surface area contributed by atoms with Gasteiger partial charge in [-0.25, -0.2) is 9.29 Å². The number of anilines is 1. The van der Waals surface area contributed by atoms with Crippen molar-refractivity contribution in [3.8, 4) is 5.75 Å². The van der Waals surface area contributed by atoms with Gasteiger partial charge in [0.1, 0.15) is 17.3 Å². The third kappa shape index (κ3) is 2.50. The minimum atomic E-state index is -4.74. The van der Waals surface area contributed by atoms with E-state index < -0.39 is 35.0 Å². The summed E-state index contributed by atoms with van der Waals surface area (Å²) in [5.74, 6) is -2.94. The van der Waals surface area contributed by atoms with E-state index in [1.807, 2.05) is 0 Å². The van der Waals surface area contributed by atoms with Crippen molar-refractivity contribution in [3.05, 3.63) is 34.7 Å². The number of rotatable bonds is 1. The Kier molecular flexibility index (Phi) is 3.47. The van der Waals surface area contributed by atoms with Crippen molar-refractivity contribution in [1.29, 1.82) is 0 Å². The number of carbonyl (C=O) groups is 1. The van der Waals surface area contributed by atoms with Gasteiger partial charge < -0.3 is 10.0 Å². The summed E-state index contributed by atoms with van der Waals surface area (Å²) in [7, 11) is 0. The third-order valence-electron chi connectivity index (χ3n) is 3.34. The first kappa shape index (κ1) is 15.6. The van der Waals surface area contributed by atoms with Crippen molar-refractivity contribution in [2.75, 3.05) is 18.0 Å². The number of aromatic hydroxyl groups is 1. The molecule has 5 nitrogen and oxygen atoms in total. The smallest absolute Gasteiger partial charge is 0.431 e. The van der Waals surface area contributed by atoms with Crippen LogP contribution in [0, 0.1) is 5.82 Å². The lowest BCUT2D eigenvalue weighted by Gasteiger charge is -2.35. The van der Waals surface area contributed by atoms with Crippen LogP contribution in [0.4, 0.5) is 23.2 Å². The van der Waals surface area contributed by atoms with E-state index in [9.17, 15) is 27.5 Å². The molecule has 1 aromatic carbocycles. The van der Waals surface area contributed by atoms with Gasteiger partial charge in [0.15, 0.2) is 0 Å². The molecule has 0 bridgehead atoms. The van der Waals surface area contributed by atoms with Crippen LogP contribution in [0.1, 0.15) is 0 Å². The van der Waals surface area contributed by atoms with Gasteiger partial charge in [-0.05, 0) is 6.07 Å². The second-order valence-electron chi connectivity index (χ2n) is 4.79. The molecule has 1 amide bonds. The largest absolute Gasteiger partial charge is 0.506 e. The molecule has 0 fully saturated rings. The molecule has 0 saturated carbocycles. The maximum absolute atomic E-state index is 14.1. The number of phenols is 1. The van der Waals surface area contributed by atoms with Gasteiger partial charge in [0.25, 0.3) is 5.91 Å². The molecule has 0 atom stereocenters. The predicted molar refractivity (Wildman–Crippen MR) is 73.7 cm³/mol. The Morgan fingerprint density at radius 1 is 1.30 bits per heavy atom. The molecule has 0 spiro atoms. The first-order valence-electron chi connectivity index (χ1n) is 6.33. The first-order valence-corrected chi connectivity index (χ1v) is 6.71. The van der Waals surface area contributed by atoms with Gasteiger partial charge in [-0.1, -0.05) is 11.6 Å². The van der Waals surface area contributed by atoms with Gasteiger partial charge in [-0.3, -0.25) is 9.79 Å². The fraction of sp³-hybridized carbons (Fsp3) is 0.231. The number of hydrogen-bond donors (Lipinski definition) is 1. The molecule has 0 radical (unpaired) electrons. The SMILES string of the molecule is O=C1C=C(C(F)(F)F)N2CCN=C2N1c1cc(O)c(Cl)cc1F. The van der Waals surface area contributed by atoms with Gasteiger partial charge in [0.2, 0.25) is 5.96 Å². The Labute approximate surface area is 132 Å². The Balaban J connectivity index is 2.14. The highest BCUT2D eigenvalue weighted by molar-refractivity contribution is 6.32. The van der Waals surface area contributed by atoms with Crippen molar-refractivity contribution in [1.82, 2.24) is 4.90 Å². The number of amides is 1. The topological polar surface area (TPSA) is 56.1 Å². The van der Waals surface area contributed by atoms with E-state index in [0.29, 0.717) is 11.0 Å². The second kappa shape index (κ2) is 5.12. The maximum Gasteiger partial charge on any atom is 0.431 e. The number of hydrogen-bond acceptors (Lipinski definition) is 4. The minimum absolute atomic E-state index is 0.0216. The standard InChI is InChI=1S/C13H8ClF4N3O2/c14-6-3-7(15)8(4-9(6)22)21-11(23)5-10(13(16,17)18)20-2-1-19-12(20)21/h3-5,22H,1-2H2. The number of aliphatic imine (C=N–C) groups is 1. The molecule has 23 heavy (non-hydrogen) atoms. The summed E-state index contributed by atoms with van der Waals surface area (Å²) in [5.41, 5.74) is -1.59. The molecule has 1 aromatic rings. The molecular formula is C13H8ClF4N3O2. The number of phenolic OH excluding ortho intramolecular Hbond substituents is 1. The van der Waals surface area contributed by atoms with Crippen LogP contribution in [0.15, 0.2) is 28.9 Å². The van der Waals surface area contributed by atoms with Gasteiger partial charge >= 0.3 is 6.18 Å². The molecule has 0 unspecified atom stereocenters. The highest BCUT2D eigenvalue weighted by atomic mass is 35.5. The number of halogens is 5. The summed E-state index contributed by atoms with van der Waals surface area (Å²) in [5, 5.41) is 9.29. The number of carbonyl (C=O) groups excluding carboxylic acids is 1. The van der Waals surface area contributed by atoms with Crippen LogP contribution >= 0.6 is 11.6 Å². The number of guanidine groups is 1. The summed E-state index contributed by atoms with van der Waals surface area (Å²) < 4.78 is 53.1. The zero-order valence-electron chi connectivity index (χ0n) is 11.2. The van der Waals surface area contributed by atoms with Gasteiger partial charge in [0, 0.05) is 18.7 Å². The fourth-order valence-electron chi connectivity index (χ4n) is 2.37. The van der Waals surface area contributed by atoms with E-state index in [1.165, 1.54) is 0 Å². The summed E-state index contributed by atoms with van der Waals surface area (Å²) in [6, 6.07) is 1.63. The van der Waals surface area contributed by atoms with E-state index in [2.05, 4.69) is 4.99 Å². The van der Waals surface area contributed by atoms with E-state index in [4.69, 9.17) is 11.6 Å². The predicted octanol–water partition coefficient (Wildman–Crippen LogP) is 2.65. The summed E-state index contributed by atoms with van der Waals surface area (Å²) in [6.07, 6.45) is -4.37. The number of allylic oxidation sites excluding steroid dienone is 1. The number of alkyl halides is 3. The van der Waals surface area contributed by atoms with Gasteiger partial charge in [-0.2, -0.15) is 13.2 Å². The van der Waals surface area contributed by atoms with Crippen LogP contribution in [0.5, 0.6) is 5.75 Å². The van der Waals surface area contributed by atoms with Crippen molar-refractivity contribution in [3.63, 3.8) is 0 Å². The molecular weight excluding hydrogens is 342 g/mol. The average molecular weight is 350 g/mol. The molecule has 122 valence electrons. The highest BCUT2D eigenvalue weighted by Crippen LogP contribution is 2.37. The van der Waals surface area contributed by atoms with Crippen LogP contribution in [0.25, 0.3) is 0 Å². The highest BCUT2D eigenvalue weighted by Gasteiger charge is 2.46. The summed E-state index contributed by atoms with van der Waals surface area (Å²) >= 11 is 5.56. The molecule has 2 aliphatic heterocycles. The van der Waals surface area contributed by atoms with Crippen LogP contribution in [0.3, 0.4) is 0 Å². The van der Waals surface area contributed by atoms with Crippen LogP contribution < -0.4 is 4.90 Å². The number of nitrogens with zero attached hydrogens (tertiary/aromatic N) is 3. The molecule has 2 aliphatic rings. The normalized spacial score (nSPS) is 18.0. The lowest BCUT2D eigenvalue weighted by atomic mass is 10.2. The summed E-state index contributed by atoms with van der Waals surface area (Å²) in [6.45, 7) is -0.0701. The average Bonchev–Trinajstić information content (AvgIpc) is 2.90. The molecule has 10 heteroatoms. The van der Waals surface area contributed by atoms with Gasteiger partial charge in [-0.15, -0.1) is 0 Å². The molecule has 0 saturated heterocycles. The zero-order valence-corrected chi connectivity index (χ0v) is 12.0.